The third kappa shape index (κ3) is 3.93. The minimum atomic E-state index is -0.0873. The van der Waals surface area contributed by atoms with E-state index < -0.39 is 0 Å². The molecular formula is C11H12ClN5OS. The maximum absolute atomic E-state index is 11.7. The second-order valence-corrected chi connectivity index (χ2v) is 5.18. The van der Waals surface area contributed by atoms with Gasteiger partial charge >= 0.3 is 0 Å². The Balaban J connectivity index is 1.79. The molecule has 1 N–H and O–H groups in total. The second-order valence-electron chi connectivity index (χ2n) is 3.71. The fourth-order valence-corrected chi connectivity index (χ4v) is 2.32. The molecule has 19 heavy (non-hydrogen) atoms. The number of hydrogen-bond acceptors (Lipinski definition) is 5. The molecule has 0 bridgehead atoms. The van der Waals surface area contributed by atoms with Crippen LogP contribution in [0, 0.1) is 0 Å². The van der Waals surface area contributed by atoms with Gasteiger partial charge in [-0.2, -0.15) is 0 Å². The number of hydrogen-bond donors (Lipinski definition) is 1. The summed E-state index contributed by atoms with van der Waals surface area (Å²) >= 11 is 7.38. The lowest BCUT2D eigenvalue weighted by molar-refractivity contribution is -0.115. The van der Waals surface area contributed by atoms with E-state index in [-0.39, 0.29) is 5.91 Å². The summed E-state index contributed by atoms with van der Waals surface area (Å²) in [5.74, 6) is 0.514. The number of aryl methyl sites for hydroxylation is 1. The van der Waals surface area contributed by atoms with Crippen molar-refractivity contribution in [3.05, 3.63) is 29.3 Å². The molecule has 0 spiro atoms. The van der Waals surface area contributed by atoms with Gasteiger partial charge in [0.25, 0.3) is 0 Å². The van der Waals surface area contributed by atoms with Crippen LogP contribution in [0.5, 0.6) is 0 Å². The number of aromatic nitrogens is 4. The zero-order valence-corrected chi connectivity index (χ0v) is 11.8. The van der Waals surface area contributed by atoms with Gasteiger partial charge in [-0.05, 0) is 22.6 Å². The van der Waals surface area contributed by atoms with E-state index in [1.54, 1.807) is 23.9 Å². The maximum atomic E-state index is 11.7. The number of amides is 1. The van der Waals surface area contributed by atoms with Crippen molar-refractivity contribution in [2.45, 2.75) is 11.6 Å². The molecule has 6 nitrogen and oxygen atoms in total. The smallest absolute Gasteiger partial charge is 0.225 e. The predicted molar refractivity (Wildman–Crippen MR) is 74.2 cm³/mol. The van der Waals surface area contributed by atoms with Crippen LogP contribution in [-0.4, -0.2) is 31.9 Å². The molecule has 0 aliphatic carbocycles. The summed E-state index contributed by atoms with van der Waals surface area (Å²) in [6, 6.07) is 7.13. The molecule has 0 atom stereocenters. The number of nitrogens with one attached hydrogen (secondary N) is 1. The van der Waals surface area contributed by atoms with E-state index in [9.17, 15) is 4.79 Å². The monoisotopic (exact) mass is 297 g/mol. The van der Waals surface area contributed by atoms with Crippen LogP contribution in [0.4, 0.5) is 5.69 Å². The lowest BCUT2D eigenvalue weighted by atomic mass is 10.3. The van der Waals surface area contributed by atoms with E-state index in [2.05, 4.69) is 20.8 Å². The highest BCUT2D eigenvalue weighted by molar-refractivity contribution is 7.99. The summed E-state index contributed by atoms with van der Waals surface area (Å²) in [5, 5.41) is 15.0. The minimum Gasteiger partial charge on any atom is -0.325 e. The van der Waals surface area contributed by atoms with Crippen molar-refractivity contribution >= 4 is 35.0 Å². The lowest BCUT2D eigenvalue weighted by Gasteiger charge is -2.06. The van der Waals surface area contributed by atoms with Gasteiger partial charge in [0, 0.05) is 19.2 Å². The van der Waals surface area contributed by atoms with E-state index in [1.807, 2.05) is 12.1 Å². The van der Waals surface area contributed by atoms with E-state index in [1.165, 1.54) is 11.8 Å². The van der Waals surface area contributed by atoms with Crippen LogP contribution in [-0.2, 0) is 11.8 Å². The summed E-state index contributed by atoms with van der Waals surface area (Å²) in [5.41, 5.74) is 0.625. The second kappa shape index (κ2) is 6.53. The molecule has 1 aromatic heterocycles. The Morgan fingerprint density at radius 2 is 2.26 bits per heavy atom. The van der Waals surface area contributed by atoms with Gasteiger partial charge in [-0.3, -0.25) is 4.79 Å². The van der Waals surface area contributed by atoms with Crippen LogP contribution < -0.4 is 5.32 Å². The lowest BCUT2D eigenvalue weighted by Crippen LogP contribution is -2.12. The van der Waals surface area contributed by atoms with E-state index in [0.29, 0.717) is 28.0 Å². The van der Waals surface area contributed by atoms with Crippen LogP contribution in [0.2, 0.25) is 5.02 Å². The predicted octanol–water partition coefficient (Wildman–Crippen LogP) is 1.98. The number of anilines is 1. The summed E-state index contributed by atoms with van der Waals surface area (Å²) in [4.78, 5) is 11.7. The molecule has 2 rings (SSSR count). The van der Waals surface area contributed by atoms with Crippen LogP contribution in [0.1, 0.15) is 6.42 Å². The molecule has 1 heterocycles. The maximum Gasteiger partial charge on any atom is 0.225 e. The highest BCUT2D eigenvalue weighted by atomic mass is 35.5. The van der Waals surface area contributed by atoms with Crippen molar-refractivity contribution in [3.63, 3.8) is 0 Å². The van der Waals surface area contributed by atoms with Crippen LogP contribution in [0.3, 0.4) is 0 Å². The molecule has 0 saturated heterocycles. The third-order valence-corrected chi connectivity index (χ3v) is 3.63. The number of halogens is 1. The van der Waals surface area contributed by atoms with Gasteiger partial charge in [-0.25, -0.2) is 4.68 Å². The average molecular weight is 298 g/mol. The average Bonchev–Trinajstić information content (AvgIpc) is 2.78. The summed E-state index contributed by atoms with van der Waals surface area (Å²) in [6.07, 6.45) is 0.364. The fourth-order valence-electron chi connectivity index (χ4n) is 1.35. The van der Waals surface area contributed by atoms with Gasteiger partial charge in [-0.1, -0.05) is 35.5 Å². The highest BCUT2D eigenvalue weighted by Gasteiger charge is 2.07. The van der Waals surface area contributed by atoms with Gasteiger partial charge in [0.15, 0.2) is 0 Å². The number of tetrazole rings is 1. The third-order valence-electron chi connectivity index (χ3n) is 2.29. The van der Waals surface area contributed by atoms with Crippen LogP contribution in [0.15, 0.2) is 29.4 Å². The quantitative estimate of drug-likeness (QED) is 0.854. The molecule has 0 fully saturated rings. The molecule has 0 aliphatic heterocycles. The Morgan fingerprint density at radius 1 is 1.47 bits per heavy atom. The topological polar surface area (TPSA) is 72.7 Å². The molecule has 0 aliphatic rings. The SMILES string of the molecule is Cn1nnnc1SCCC(=O)Nc1ccccc1Cl. The molecule has 0 unspecified atom stereocenters. The van der Waals surface area contributed by atoms with Gasteiger partial charge < -0.3 is 5.32 Å². The molecule has 1 aromatic carbocycles. The molecule has 0 radical (unpaired) electrons. The Labute approximate surface area is 119 Å². The first-order valence-electron chi connectivity index (χ1n) is 5.56. The molecule has 0 saturated carbocycles. The van der Waals surface area contributed by atoms with Gasteiger partial charge in [0.1, 0.15) is 0 Å². The van der Waals surface area contributed by atoms with E-state index in [4.69, 9.17) is 11.6 Å². The number of carbonyl (C=O) groups excluding carboxylic acids is 1. The number of rotatable bonds is 5. The number of benzene rings is 1. The van der Waals surface area contributed by atoms with Crippen LogP contribution in [0.25, 0.3) is 0 Å². The summed E-state index contributed by atoms with van der Waals surface area (Å²) < 4.78 is 1.57. The molecular weight excluding hydrogens is 286 g/mol. The normalized spacial score (nSPS) is 10.4. The number of nitrogens with zero attached hydrogens (tertiary/aromatic N) is 4. The summed E-state index contributed by atoms with van der Waals surface area (Å²) in [7, 11) is 1.76. The minimum absolute atomic E-state index is 0.0873. The van der Waals surface area contributed by atoms with Gasteiger partial charge in [-0.15, -0.1) is 5.10 Å². The molecule has 8 heteroatoms. The van der Waals surface area contributed by atoms with Crippen LogP contribution >= 0.6 is 23.4 Å². The summed E-state index contributed by atoms with van der Waals surface area (Å²) in [6.45, 7) is 0. The zero-order chi connectivity index (χ0) is 13.7. The Kier molecular flexibility index (Phi) is 4.75. The van der Waals surface area contributed by atoms with Crippen molar-refractivity contribution in [2.75, 3.05) is 11.1 Å². The standard InChI is InChI=1S/C11H12ClN5OS/c1-17-11(14-15-16-17)19-7-6-10(18)13-9-5-3-2-4-8(9)12/h2-5H,6-7H2,1H3,(H,13,18). The highest BCUT2D eigenvalue weighted by Crippen LogP contribution is 2.21. The van der Waals surface area contributed by atoms with Crippen molar-refractivity contribution in [1.82, 2.24) is 20.2 Å². The Bertz CT molecular complexity index is 574. The Morgan fingerprint density at radius 3 is 2.95 bits per heavy atom. The number of carbonyl (C=O) groups is 1. The first kappa shape index (κ1) is 13.8. The molecule has 100 valence electrons. The van der Waals surface area contributed by atoms with Gasteiger partial charge in [0.05, 0.1) is 10.7 Å². The van der Waals surface area contributed by atoms with Crippen molar-refractivity contribution in [1.29, 1.82) is 0 Å². The van der Waals surface area contributed by atoms with Crippen molar-refractivity contribution in [2.24, 2.45) is 7.05 Å². The number of para-hydroxylation sites is 1. The Hall–Kier alpha value is -1.60. The number of thioether (sulfide) groups is 1. The first-order valence-corrected chi connectivity index (χ1v) is 6.92. The largest absolute Gasteiger partial charge is 0.325 e. The fraction of sp³-hybridized carbons (Fsp3) is 0.273. The van der Waals surface area contributed by atoms with Gasteiger partial charge in [0.2, 0.25) is 11.1 Å². The van der Waals surface area contributed by atoms with Crippen molar-refractivity contribution < 1.29 is 4.79 Å². The van der Waals surface area contributed by atoms with E-state index in [0.717, 1.165) is 0 Å². The first-order chi connectivity index (χ1) is 9.16. The molecule has 1 amide bonds. The van der Waals surface area contributed by atoms with Crippen molar-refractivity contribution in [3.8, 4) is 0 Å². The molecule has 2 aromatic rings. The van der Waals surface area contributed by atoms with E-state index >= 15 is 0 Å². The zero-order valence-electron chi connectivity index (χ0n) is 10.2.